The second kappa shape index (κ2) is 4.19. The summed E-state index contributed by atoms with van der Waals surface area (Å²) in [5.74, 6) is -1.02. The Balaban J connectivity index is 2.15. The van der Waals surface area contributed by atoms with Crippen molar-refractivity contribution >= 4 is 5.91 Å². The highest BCUT2D eigenvalue weighted by atomic mass is 16.3. The Morgan fingerprint density at radius 2 is 2.18 bits per heavy atom. The summed E-state index contributed by atoms with van der Waals surface area (Å²) >= 11 is 0. The first kappa shape index (κ1) is 11.6. The summed E-state index contributed by atoms with van der Waals surface area (Å²) < 4.78 is 0. The van der Waals surface area contributed by atoms with Gasteiger partial charge in [0.25, 0.3) is 5.91 Å². The molecule has 88 valence electrons. The fourth-order valence-corrected chi connectivity index (χ4v) is 2.06. The van der Waals surface area contributed by atoms with E-state index in [1.807, 2.05) is 36.4 Å². The molecule has 1 fully saturated rings. The highest BCUT2D eigenvalue weighted by molar-refractivity contribution is 5.87. The van der Waals surface area contributed by atoms with Gasteiger partial charge in [0.2, 0.25) is 0 Å². The molecule has 1 aromatic rings. The highest BCUT2D eigenvalue weighted by Gasteiger charge is 2.49. The van der Waals surface area contributed by atoms with Crippen LogP contribution in [-0.2, 0) is 11.3 Å². The molecular weight excluding hydrogens is 216 g/mol. The summed E-state index contributed by atoms with van der Waals surface area (Å²) in [5.41, 5.74) is -0.556. The topological polar surface area (TPSA) is 64.3 Å². The van der Waals surface area contributed by atoms with Gasteiger partial charge in [0.1, 0.15) is 5.92 Å². The van der Waals surface area contributed by atoms with Crippen LogP contribution in [0.4, 0.5) is 0 Å². The van der Waals surface area contributed by atoms with Crippen molar-refractivity contribution in [3.05, 3.63) is 35.9 Å². The molecule has 1 heterocycles. The lowest BCUT2D eigenvalue weighted by atomic mass is 9.94. The molecule has 1 N–H and O–H groups in total. The highest BCUT2D eigenvalue weighted by Crippen LogP contribution is 2.29. The van der Waals surface area contributed by atoms with Crippen LogP contribution in [0.25, 0.3) is 0 Å². The number of nitriles is 1. The molecule has 0 aliphatic carbocycles. The number of rotatable bonds is 2. The third-order valence-electron chi connectivity index (χ3n) is 3.17. The van der Waals surface area contributed by atoms with Crippen molar-refractivity contribution in [3.8, 4) is 6.07 Å². The van der Waals surface area contributed by atoms with Crippen LogP contribution in [0.3, 0.4) is 0 Å². The molecule has 0 radical (unpaired) electrons. The van der Waals surface area contributed by atoms with Crippen LogP contribution in [0.1, 0.15) is 12.5 Å². The van der Waals surface area contributed by atoms with Gasteiger partial charge in [0, 0.05) is 13.1 Å². The van der Waals surface area contributed by atoms with Crippen molar-refractivity contribution in [2.45, 2.75) is 19.1 Å². The zero-order valence-corrected chi connectivity index (χ0v) is 9.63. The van der Waals surface area contributed by atoms with Crippen LogP contribution in [0.15, 0.2) is 30.3 Å². The van der Waals surface area contributed by atoms with Gasteiger partial charge in [-0.15, -0.1) is 0 Å². The monoisotopic (exact) mass is 230 g/mol. The Kier molecular flexibility index (Phi) is 2.86. The van der Waals surface area contributed by atoms with Crippen LogP contribution < -0.4 is 0 Å². The lowest BCUT2D eigenvalue weighted by Crippen LogP contribution is -2.39. The molecular formula is C13H14N2O2. The van der Waals surface area contributed by atoms with Crippen LogP contribution in [0.2, 0.25) is 0 Å². The standard InChI is InChI=1S/C13H14N2O2/c1-13(17)11(7-14)9-15(12(13)16)8-10-5-3-2-4-6-10/h2-6,11,17H,8-9H2,1H3. The fraction of sp³-hybridized carbons (Fsp3) is 0.385. The van der Waals surface area contributed by atoms with Crippen molar-refractivity contribution in [1.29, 1.82) is 5.26 Å². The largest absolute Gasteiger partial charge is 0.379 e. The number of carbonyl (C=O) groups excluding carboxylic acids is 1. The maximum Gasteiger partial charge on any atom is 0.256 e. The second-order valence-electron chi connectivity index (χ2n) is 4.50. The lowest BCUT2D eigenvalue weighted by Gasteiger charge is -2.18. The first-order valence-electron chi connectivity index (χ1n) is 5.51. The number of nitrogens with zero attached hydrogens (tertiary/aromatic N) is 2. The van der Waals surface area contributed by atoms with Gasteiger partial charge in [-0.05, 0) is 12.5 Å². The van der Waals surface area contributed by atoms with E-state index in [1.165, 1.54) is 11.8 Å². The Labute approximate surface area is 100 Å². The minimum Gasteiger partial charge on any atom is -0.379 e. The van der Waals surface area contributed by atoms with Gasteiger partial charge in [0.15, 0.2) is 5.60 Å². The van der Waals surface area contributed by atoms with E-state index < -0.39 is 11.5 Å². The zero-order chi connectivity index (χ0) is 12.5. The molecule has 1 aromatic carbocycles. The molecule has 1 aliphatic heterocycles. The molecule has 2 rings (SSSR count). The first-order valence-corrected chi connectivity index (χ1v) is 5.51. The molecule has 0 spiro atoms. The Bertz CT molecular complexity index is 462. The minimum absolute atomic E-state index is 0.289. The van der Waals surface area contributed by atoms with Crippen molar-refractivity contribution in [2.75, 3.05) is 6.54 Å². The predicted octanol–water partition coefficient (Wildman–Crippen LogP) is 0.920. The third-order valence-corrected chi connectivity index (χ3v) is 3.17. The van der Waals surface area contributed by atoms with E-state index in [9.17, 15) is 9.90 Å². The summed E-state index contributed by atoms with van der Waals surface area (Å²) in [6.45, 7) is 2.14. The van der Waals surface area contributed by atoms with Gasteiger partial charge in [-0.1, -0.05) is 30.3 Å². The van der Waals surface area contributed by atoms with Crippen LogP contribution in [-0.4, -0.2) is 28.1 Å². The number of amides is 1. The smallest absolute Gasteiger partial charge is 0.256 e. The summed E-state index contributed by atoms with van der Waals surface area (Å²) in [6.07, 6.45) is 0. The van der Waals surface area contributed by atoms with E-state index in [0.717, 1.165) is 5.56 Å². The van der Waals surface area contributed by atoms with Gasteiger partial charge in [-0.3, -0.25) is 4.79 Å². The van der Waals surface area contributed by atoms with Gasteiger partial charge in [-0.2, -0.15) is 5.26 Å². The molecule has 2 atom stereocenters. The molecule has 1 saturated heterocycles. The number of benzene rings is 1. The van der Waals surface area contributed by atoms with E-state index in [4.69, 9.17) is 5.26 Å². The van der Waals surface area contributed by atoms with Gasteiger partial charge < -0.3 is 10.0 Å². The average molecular weight is 230 g/mol. The molecule has 1 amide bonds. The predicted molar refractivity (Wildman–Crippen MR) is 61.6 cm³/mol. The average Bonchev–Trinajstić information content (AvgIpc) is 2.54. The van der Waals surface area contributed by atoms with E-state index in [1.54, 1.807) is 0 Å². The Morgan fingerprint density at radius 3 is 2.71 bits per heavy atom. The number of aliphatic hydroxyl groups is 1. The van der Waals surface area contributed by atoms with E-state index >= 15 is 0 Å². The normalized spacial score (nSPS) is 28.2. The molecule has 17 heavy (non-hydrogen) atoms. The maximum absolute atomic E-state index is 11.9. The molecule has 1 aliphatic rings. The van der Waals surface area contributed by atoms with Crippen molar-refractivity contribution in [2.24, 2.45) is 5.92 Å². The zero-order valence-electron chi connectivity index (χ0n) is 9.63. The SMILES string of the molecule is CC1(O)C(=O)N(Cc2ccccc2)CC1C#N. The van der Waals surface area contributed by atoms with E-state index in [-0.39, 0.29) is 12.5 Å². The molecule has 2 unspecified atom stereocenters. The summed E-state index contributed by atoms with van der Waals surface area (Å²) in [7, 11) is 0. The fourth-order valence-electron chi connectivity index (χ4n) is 2.06. The Hall–Kier alpha value is -1.86. The second-order valence-corrected chi connectivity index (χ2v) is 4.50. The third kappa shape index (κ3) is 2.02. The van der Waals surface area contributed by atoms with Crippen molar-refractivity contribution in [3.63, 3.8) is 0 Å². The number of likely N-dealkylation sites (tertiary alicyclic amines) is 1. The van der Waals surface area contributed by atoms with Gasteiger partial charge >= 0.3 is 0 Å². The van der Waals surface area contributed by atoms with Crippen molar-refractivity contribution in [1.82, 2.24) is 4.90 Å². The van der Waals surface area contributed by atoms with Crippen LogP contribution >= 0.6 is 0 Å². The van der Waals surface area contributed by atoms with Gasteiger partial charge in [0.05, 0.1) is 6.07 Å². The molecule has 0 bridgehead atoms. The maximum atomic E-state index is 11.9. The number of hydrogen-bond donors (Lipinski definition) is 1. The summed E-state index contributed by atoms with van der Waals surface area (Å²) in [4.78, 5) is 13.5. The lowest BCUT2D eigenvalue weighted by molar-refractivity contribution is -0.143. The van der Waals surface area contributed by atoms with Gasteiger partial charge in [-0.25, -0.2) is 0 Å². The van der Waals surface area contributed by atoms with Crippen LogP contribution in [0, 0.1) is 17.2 Å². The quantitative estimate of drug-likeness (QED) is 0.821. The van der Waals surface area contributed by atoms with Crippen molar-refractivity contribution < 1.29 is 9.90 Å². The first-order chi connectivity index (χ1) is 8.05. The summed E-state index contributed by atoms with van der Waals surface area (Å²) in [6, 6.07) is 11.5. The molecule has 0 saturated carbocycles. The Morgan fingerprint density at radius 1 is 1.53 bits per heavy atom. The van der Waals surface area contributed by atoms with Crippen LogP contribution in [0.5, 0.6) is 0 Å². The number of carbonyl (C=O) groups is 1. The number of hydrogen-bond acceptors (Lipinski definition) is 3. The molecule has 0 aromatic heterocycles. The minimum atomic E-state index is -1.55. The molecule has 4 heteroatoms. The van der Waals surface area contributed by atoms with E-state index in [0.29, 0.717) is 6.54 Å². The molecule has 4 nitrogen and oxygen atoms in total. The van der Waals surface area contributed by atoms with E-state index in [2.05, 4.69) is 0 Å². The summed E-state index contributed by atoms with van der Waals surface area (Å²) in [5, 5.41) is 18.9.